The Labute approximate surface area is 180 Å². The van der Waals surface area contributed by atoms with Crippen LogP contribution in [-0.4, -0.2) is 18.5 Å². The lowest BCUT2D eigenvalue weighted by atomic mass is 10.1. The van der Waals surface area contributed by atoms with Crippen molar-refractivity contribution in [2.45, 2.75) is 19.9 Å². The number of amides is 3. The Balaban J connectivity index is 1.40. The Kier molecular flexibility index (Phi) is 5.72. The van der Waals surface area contributed by atoms with Gasteiger partial charge in [0.15, 0.2) is 0 Å². The van der Waals surface area contributed by atoms with Gasteiger partial charge in [0, 0.05) is 35.1 Å². The summed E-state index contributed by atoms with van der Waals surface area (Å²) in [6.45, 7) is 2.97. The fourth-order valence-corrected chi connectivity index (χ4v) is 3.76. The van der Waals surface area contributed by atoms with Gasteiger partial charge in [-0.2, -0.15) is 0 Å². The Hall–Kier alpha value is -3.31. The summed E-state index contributed by atoms with van der Waals surface area (Å²) in [6, 6.07) is 20.3. The summed E-state index contributed by atoms with van der Waals surface area (Å²) in [4.78, 5) is 26.9. The molecule has 0 fully saturated rings. The van der Waals surface area contributed by atoms with Gasteiger partial charge in [0.25, 0.3) is 5.91 Å². The predicted octanol–water partition coefficient (Wildman–Crippen LogP) is 5.17. The molecule has 3 amide bonds. The average Bonchev–Trinajstić information content (AvgIpc) is 3.18. The van der Waals surface area contributed by atoms with Crippen LogP contribution in [0.4, 0.5) is 16.2 Å². The Bertz CT molecular complexity index is 1100. The number of anilines is 2. The minimum absolute atomic E-state index is 0.0106. The van der Waals surface area contributed by atoms with E-state index in [4.69, 9.17) is 11.6 Å². The summed E-state index contributed by atoms with van der Waals surface area (Å²) in [5, 5.41) is 6.27. The van der Waals surface area contributed by atoms with E-state index in [1.807, 2.05) is 60.4 Å². The third kappa shape index (κ3) is 4.31. The highest BCUT2D eigenvalue weighted by atomic mass is 35.5. The van der Waals surface area contributed by atoms with Crippen LogP contribution in [0.1, 0.15) is 27.0 Å². The Morgan fingerprint density at radius 3 is 2.63 bits per heavy atom. The number of carbonyl (C=O) groups excluding carboxylic acids is 2. The molecule has 6 heteroatoms. The highest BCUT2D eigenvalue weighted by Gasteiger charge is 2.25. The summed E-state index contributed by atoms with van der Waals surface area (Å²) in [6.07, 6.45) is 0.801. The highest BCUT2D eigenvalue weighted by Crippen LogP contribution is 2.30. The highest BCUT2D eigenvalue weighted by molar-refractivity contribution is 6.31. The maximum Gasteiger partial charge on any atom is 0.319 e. The second kappa shape index (κ2) is 8.59. The third-order valence-corrected chi connectivity index (χ3v) is 5.44. The van der Waals surface area contributed by atoms with Crippen LogP contribution in [0.25, 0.3) is 0 Å². The standard InChI is InChI=1S/C24H22ClN3O2/c1-16-7-9-20(25)14-21(16)27-24(30)26-15-17-8-10-22-19(13-17)11-12-28(22)23(29)18-5-3-2-4-6-18/h2-10,13-14H,11-12,15H2,1H3,(H2,26,27,30). The predicted molar refractivity (Wildman–Crippen MR) is 120 cm³/mol. The number of carbonyl (C=O) groups is 2. The lowest BCUT2D eigenvalue weighted by Gasteiger charge is -2.18. The molecular formula is C24H22ClN3O2. The van der Waals surface area contributed by atoms with E-state index in [2.05, 4.69) is 16.7 Å². The molecule has 4 rings (SSSR count). The SMILES string of the molecule is Cc1ccc(Cl)cc1NC(=O)NCc1ccc2c(c1)CCN2C(=O)c1ccccc1. The minimum atomic E-state index is -0.290. The van der Waals surface area contributed by atoms with E-state index < -0.39 is 0 Å². The average molecular weight is 420 g/mol. The van der Waals surface area contributed by atoms with Crippen LogP contribution in [0.15, 0.2) is 66.7 Å². The molecule has 2 N–H and O–H groups in total. The molecule has 0 atom stereocenters. The second-order valence-corrected chi connectivity index (χ2v) is 7.74. The zero-order valence-electron chi connectivity index (χ0n) is 16.6. The molecule has 1 aliphatic heterocycles. The van der Waals surface area contributed by atoms with Gasteiger partial charge in [0.1, 0.15) is 0 Å². The molecule has 0 spiro atoms. The molecule has 0 saturated carbocycles. The van der Waals surface area contributed by atoms with Crippen molar-refractivity contribution in [3.63, 3.8) is 0 Å². The number of rotatable bonds is 4. The number of hydrogen-bond donors (Lipinski definition) is 2. The molecule has 1 aliphatic rings. The van der Waals surface area contributed by atoms with E-state index in [-0.39, 0.29) is 11.9 Å². The summed E-state index contributed by atoms with van der Waals surface area (Å²) in [5.41, 5.74) is 5.35. The van der Waals surface area contributed by atoms with E-state index >= 15 is 0 Å². The molecule has 0 unspecified atom stereocenters. The van der Waals surface area contributed by atoms with Crippen molar-refractivity contribution < 1.29 is 9.59 Å². The number of halogens is 1. The van der Waals surface area contributed by atoms with Crippen molar-refractivity contribution in [2.24, 2.45) is 0 Å². The Morgan fingerprint density at radius 1 is 1.03 bits per heavy atom. The van der Waals surface area contributed by atoms with Crippen molar-refractivity contribution in [2.75, 3.05) is 16.8 Å². The van der Waals surface area contributed by atoms with Gasteiger partial charge in [-0.05, 0) is 60.4 Å². The molecule has 5 nitrogen and oxygen atoms in total. The minimum Gasteiger partial charge on any atom is -0.334 e. The van der Waals surface area contributed by atoms with Crippen LogP contribution in [-0.2, 0) is 13.0 Å². The molecule has 3 aromatic rings. The van der Waals surface area contributed by atoms with Gasteiger partial charge >= 0.3 is 6.03 Å². The molecular weight excluding hydrogens is 398 g/mol. The number of nitrogens with zero attached hydrogens (tertiary/aromatic N) is 1. The zero-order valence-corrected chi connectivity index (χ0v) is 17.4. The fourth-order valence-electron chi connectivity index (χ4n) is 3.59. The van der Waals surface area contributed by atoms with Crippen molar-refractivity contribution in [3.8, 4) is 0 Å². The summed E-state index contributed by atoms with van der Waals surface area (Å²) >= 11 is 6.00. The first kappa shape index (κ1) is 20.0. The lowest BCUT2D eigenvalue weighted by molar-refractivity contribution is 0.0989. The van der Waals surface area contributed by atoms with Gasteiger partial charge in [-0.1, -0.05) is 48.0 Å². The molecule has 1 heterocycles. The first-order valence-electron chi connectivity index (χ1n) is 9.81. The van der Waals surface area contributed by atoms with Crippen LogP contribution in [0.3, 0.4) is 0 Å². The first-order valence-corrected chi connectivity index (χ1v) is 10.2. The smallest absolute Gasteiger partial charge is 0.319 e. The van der Waals surface area contributed by atoms with Gasteiger partial charge in [-0.3, -0.25) is 4.79 Å². The fraction of sp³-hybridized carbons (Fsp3) is 0.167. The van der Waals surface area contributed by atoms with Gasteiger partial charge in [-0.15, -0.1) is 0 Å². The zero-order chi connectivity index (χ0) is 21.1. The topological polar surface area (TPSA) is 61.4 Å². The summed E-state index contributed by atoms with van der Waals surface area (Å²) in [7, 11) is 0. The molecule has 0 bridgehead atoms. The van der Waals surface area contributed by atoms with Crippen LogP contribution < -0.4 is 15.5 Å². The molecule has 152 valence electrons. The van der Waals surface area contributed by atoms with Crippen LogP contribution >= 0.6 is 11.6 Å². The number of aryl methyl sites for hydroxylation is 1. The van der Waals surface area contributed by atoms with E-state index in [9.17, 15) is 9.59 Å². The molecule has 0 radical (unpaired) electrons. The van der Waals surface area contributed by atoms with Crippen molar-refractivity contribution >= 4 is 34.9 Å². The van der Waals surface area contributed by atoms with Crippen LogP contribution in [0.2, 0.25) is 5.02 Å². The van der Waals surface area contributed by atoms with Crippen molar-refractivity contribution in [3.05, 3.63) is 94.0 Å². The van der Waals surface area contributed by atoms with E-state index in [1.165, 1.54) is 0 Å². The number of fused-ring (bicyclic) bond motifs is 1. The molecule has 0 saturated heterocycles. The maximum absolute atomic E-state index is 12.8. The van der Waals surface area contributed by atoms with Crippen molar-refractivity contribution in [1.82, 2.24) is 5.32 Å². The number of benzene rings is 3. The van der Waals surface area contributed by atoms with E-state index in [0.29, 0.717) is 29.4 Å². The normalized spacial score (nSPS) is 12.4. The van der Waals surface area contributed by atoms with Crippen LogP contribution in [0, 0.1) is 6.92 Å². The molecule has 30 heavy (non-hydrogen) atoms. The number of hydrogen-bond acceptors (Lipinski definition) is 2. The number of urea groups is 1. The van der Waals surface area contributed by atoms with Gasteiger partial charge in [0.2, 0.25) is 0 Å². The van der Waals surface area contributed by atoms with E-state index in [0.717, 1.165) is 28.8 Å². The van der Waals surface area contributed by atoms with E-state index in [1.54, 1.807) is 12.1 Å². The van der Waals surface area contributed by atoms with Gasteiger partial charge in [-0.25, -0.2) is 4.79 Å². The molecule has 0 aliphatic carbocycles. The number of nitrogens with one attached hydrogen (secondary N) is 2. The first-order chi connectivity index (χ1) is 14.5. The molecule has 3 aromatic carbocycles. The van der Waals surface area contributed by atoms with Crippen LogP contribution in [0.5, 0.6) is 0 Å². The summed E-state index contributed by atoms with van der Waals surface area (Å²) < 4.78 is 0. The second-order valence-electron chi connectivity index (χ2n) is 7.30. The lowest BCUT2D eigenvalue weighted by Crippen LogP contribution is -2.29. The van der Waals surface area contributed by atoms with Gasteiger partial charge in [0.05, 0.1) is 0 Å². The third-order valence-electron chi connectivity index (χ3n) is 5.21. The van der Waals surface area contributed by atoms with Crippen molar-refractivity contribution in [1.29, 1.82) is 0 Å². The quantitative estimate of drug-likeness (QED) is 0.612. The monoisotopic (exact) mass is 419 g/mol. The maximum atomic E-state index is 12.8. The van der Waals surface area contributed by atoms with Gasteiger partial charge < -0.3 is 15.5 Å². The Morgan fingerprint density at radius 2 is 1.83 bits per heavy atom. The largest absolute Gasteiger partial charge is 0.334 e. The molecule has 0 aromatic heterocycles. The summed E-state index contributed by atoms with van der Waals surface area (Å²) in [5.74, 6) is 0.0106.